The van der Waals surface area contributed by atoms with Gasteiger partial charge in [0.25, 0.3) is 0 Å². The van der Waals surface area contributed by atoms with Gasteiger partial charge in [-0.05, 0) is 5.92 Å². The van der Waals surface area contributed by atoms with Gasteiger partial charge in [0, 0.05) is 0 Å². The highest BCUT2D eigenvalue weighted by molar-refractivity contribution is 4.32. The monoisotopic (exact) mass is 174 g/mol. The van der Waals surface area contributed by atoms with Crippen molar-refractivity contribution in [1.82, 2.24) is 5.59 Å². The second kappa shape index (κ2) is 22.4. The summed E-state index contributed by atoms with van der Waals surface area (Å²) in [6.07, 6.45) is 5.38. The van der Waals surface area contributed by atoms with Gasteiger partial charge < -0.3 is 0 Å². The molecule has 0 fully saturated rings. The van der Waals surface area contributed by atoms with Gasteiger partial charge in [-0.3, -0.25) is 0 Å². The normalized spacial score (nSPS) is 7.83. The molecule has 0 aromatic rings. The van der Waals surface area contributed by atoms with Crippen LogP contribution in [-0.4, -0.2) is 0 Å². The van der Waals surface area contributed by atoms with E-state index >= 15 is 0 Å². The predicted octanol–water partition coefficient (Wildman–Crippen LogP) is 3.80. The highest BCUT2D eigenvalue weighted by Gasteiger charge is 1.80. The van der Waals surface area contributed by atoms with Crippen molar-refractivity contribution in [3.8, 4) is 0 Å². The fourth-order valence-electron chi connectivity index (χ4n) is 0.354. The lowest BCUT2D eigenvalue weighted by Crippen LogP contribution is -1.77. The van der Waals surface area contributed by atoms with Gasteiger partial charge >= 0.3 is 0 Å². The molecule has 0 aromatic carbocycles. The van der Waals surface area contributed by atoms with Crippen LogP contribution in [0.15, 0.2) is 0 Å². The van der Waals surface area contributed by atoms with Crippen molar-refractivity contribution < 1.29 is 0 Å². The van der Waals surface area contributed by atoms with Crippen LogP contribution in [0.3, 0.4) is 0 Å². The Morgan fingerprint density at radius 1 is 1.00 bits per heavy atom. The third kappa shape index (κ3) is 54.8. The second-order valence-electron chi connectivity index (χ2n) is 3.16. The molecule has 0 heterocycles. The zero-order valence-corrected chi connectivity index (χ0v) is 9.26. The summed E-state index contributed by atoms with van der Waals surface area (Å²) in [5.41, 5.74) is 5.75. The van der Waals surface area contributed by atoms with E-state index in [4.69, 9.17) is 10.5 Å². The maximum absolute atomic E-state index is 7.25. The summed E-state index contributed by atoms with van der Waals surface area (Å²) in [6.45, 7) is 11.1. The van der Waals surface area contributed by atoms with Gasteiger partial charge in [0.15, 0.2) is 0 Å². The van der Waals surface area contributed by atoms with E-state index in [9.17, 15) is 0 Å². The van der Waals surface area contributed by atoms with Crippen molar-refractivity contribution >= 4 is 0 Å². The minimum atomic E-state index is 0.884. The Morgan fingerprint density at radius 2 is 1.25 bits per heavy atom. The van der Waals surface area contributed by atoms with E-state index < -0.39 is 0 Å². The average molecular weight is 174 g/mol. The Morgan fingerprint density at radius 3 is 1.25 bits per heavy atom. The Hall–Kier alpha value is -0.400. The van der Waals surface area contributed by atoms with E-state index in [0.717, 1.165) is 5.92 Å². The first kappa shape index (κ1) is 17.6. The minimum Gasteiger partial charge on any atom is -0.120 e. The van der Waals surface area contributed by atoms with Gasteiger partial charge in [-0.2, -0.15) is 0 Å². The molecule has 0 saturated heterocycles. The van der Waals surface area contributed by atoms with Crippen LogP contribution in [0.1, 0.15) is 60.3 Å². The van der Waals surface area contributed by atoms with Crippen LogP contribution in [0, 0.1) is 10.8 Å². The lowest BCUT2D eigenvalue weighted by Gasteiger charge is -1.90. The van der Waals surface area contributed by atoms with Crippen molar-refractivity contribution in [2.45, 2.75) is 60.3 Å². The number of nitroso groups, excluding NO2 is 1. The van der Waals surface area contributed by atoms with Gasteiger partial charge in [0.05, 0.1) is 0 Å². The molecule has 0 atom stereocenters. The van der Waals surface area contributed by atoms with Crippen LogP contribution < -0.4 is 5.59 Å². The summed E-state index contributed by atoms with van der Waals surface area (Å²) in [4.78, 5) is 7.25. The molecule has 0 N–H and O–H groups in total. The third-order valence-electron chi connectivity index (χ3n) is 1.52. The van der Waals surface area contributed by atoms with Crippen molar-refractivity contribution in [2.24, 2.45) is 5.92 Å². The molecule has 2 heteroatoms. The van der Waals surface area contributed by atoms with Crippen LogP contribution in [0.5, 0.6) is 0 Å². The molecular weight excluding hydrogens is 150 g/mol. The molecular formula is C10H24NO. The van der Waals surface area contributed by atoms with E-state index in [-0.39, 0.29) is 0 Å². The Balaban J connectivity index is -0.000000112. The van der Waals surface area contributed by atoms with Gasteiger partial charge in [-0.15, -0.1) is 4.91 Å². The topological polar surface area (TPSA) is 39.4 Å². The van der Waals surface area contributed by atoms with E-state index in [2.05, 4.69) is 34.6 Å². The first-order valence-electron chi connectivity index (χ1n) is 4.87. The molecule has 0 aromatic heterocycles. The van der Waals surface area contributed by atoms with Crippen molar-refractivity contribution in [3.05, 3.63) is 4.91 Å². The van der Waals surface area contributed by atoms with Crippen LogP contribution in [0.4, 0.5) is 0 Å². The van der Waals surface area contributed by atoms with Crippen LogP contribution in [-0.2, 0) is 0 Å². The molecule has 75 valence electrons. The number of rotatable bonds is 3. The lowest BCUT2D eigenvalue weighted by atomic mass is 10.2. The maximum Gasteiger partial charge on any atom is 0.120 e. The SMILES string of the molecule is CCC(C)C.CCCCC.[N]=O. The quantitative estimate of drug-likeness (QED) is 0.641. The number of unbranched alkanes of at least 4 members (excludes halogenated alkanes) is 2. The molecule has 0 aliphatic rings. The Bertz CT molecular complexity index is 53.8. The fraction of sp³-hybridized carbons (Fsp3) is 1.00. The first-order chi connectivity index (χ1) is 5.68. The van der Waals surface area contributed by atoms with E-state index in [1.807, 2.05) is 0 Å². The highest BCUT2D eigenvalue weighted by atomic mass is 16.2. The summed E-state index contributed by atoms with van der Waals surface area (Å²) in [7, 11) is 0. The molecule has 0 aliphatic heterocycles. The molecule has 0 bridgehead atoms. The molecule has 0 spiro atoms. The molecule has 0 saturated carbocycles. The van der Waals surface area contributed by atoms with Crippen molar-refractivity contribution in [1.29, 1.82) is 0 Å². The second-order valence-corrected chi connectivity index (χ2v) is 3.16. The number of hydrogen-bond donors (Lipinski definition) is 0. The average Bonchev–Trinajstić information content (AvgIpc) is 2.10. The molecule has 1 radical (unpaired) electrons. The summed E-state index contributed by atoms with van der Waals surface area (Å²) in [5, 5.41) is 0. The third-order valence-corrected chi connectivity index (χ3v) is 1.52. The maximum atomic E-state index is 7.25. The summed E-state index contributed by atoms with van der Waals surface area (Å²) in [5.74, 6) is 0.884. The molecule has 12 heavy (non-hydrogen) atoms. The van der Waals surface area contributed by atoms with Gasteiger partial charge in [0.2, 0.25) is 0 Å². The molecule has 0 unspecified atom stereocenters. The van der Waals surface area contributed by atoms with E-state index in [1.54, 1.807) is 0 Å². The van der Waals surface area contributed by atoms with Crippen LogP contribution in [0.2, 0.25) is 0 Å². The highest BCUT2D eigenvalue weighted by Crippen LogP contribution is 1.93. The first-order valence-corrected chi connectivity index (χ1v) is 4.87. The summed E-state index contributed by atoms with van der Waals surface area (Å²) < 4.78 is 0. The smallest absolute Gasteiger partial charge is 0.120 e. The van der Waals surface area contributed by atoms with E-state index in [0.29, 0.717) is 0 Å². The van der Waals surface area contributed by atoms with Crippen LogP contribution >= 0.6 is 0 Å². The Labute approximate surface area is 77.5 Å². The predicted molar refractivity (Wildman–Crippen MR) is 55.8 cm³/mol. The Kier molecular flexibility index (Phi) is 32.9. The molecule has 2 nitrogen and oxygen atoms in total. The minimum absolute atomic E-state index is 0.884. The lowest BCUT2D eigenvalue weighted by molar-refractivity contribution is 0.626. The van der Waals surface area contributed by atoms with Gasteiger partial charge in [-0.25, -0.2) is 0 Å². The number of hydrogen-bond acceptors (Lipinski definition) is 1. The van der Waals surface area contributed by atoms with Gasteiger partial charge in [-0.1, -0.05) is 60.3 Å². The molecule has 0 amide bonds. The van der Waals surface area contributed by atoms with Crippen LogP contribution in [0.25, 0.3) is 0 Å². The zero-order valence-electron chi connectivity index (χ0n) is 9.26. The number of nitrogens with zero attached hydrogens (tertiary/aromatic N) is 1. The van der Waals surface area contributed by atoms with Crippen molar-refractivity contribution in [2.75, 3.05) is 0 Å². The molecule has 0 aliphatic carbocycles. The van der Waals surface area contributed by atoms with E-state index in [1.165, 1.54) is 25.7 Å². The standard InChI is InChI=1S/2C5H12.NO/c1-4-5(2)3;1-3-5-4-2;1-2/h5H,4H2,1-3H3;3-5H2,1-2H3;. The zero-order chi connectivity index (χ0) is 10.4. The largest absolute Gasteiger partial charge is 0.120 e. The summed E-state index contributed by atoms with van der Waals surface area (Å²) >= 11 is 0. The van der Waals surface area contributed by atoms with Gasteiger partial charge in [0.1, 0.15) is 5.59 Å². The fourth-order valence-corrected chi connectivity index (χ4v) is 0.354. The summed E-state index contributed by atoms with van der Waals surface area (Å²) in [6, 6.07) is 0. The molecule has 0 rings (SSSR count). The van der Waals surface area contributed by atoms with Crippen molar-refractivity contribution in [3.63, 3.8) is 0 Å².